The van der Waals surface area contributed by atoms with E-state index in [0.717, 1.165) is 17.4 Å². The molecule has 0 unspecified atom stereocenters. The average Bonchev–Trinajstić information content (AvgIpc) is 3.12. The van der Waals surface area contributed by atoms with E-state index in [0.29, 0.717) is 34.4 Å². The van der Waals surface area contributed by atoms with Gasteiger partial charge in [-0.1, -0.05) is 17.4 Å². The van der Waals surface area contributed by atoms with Gasteiger partial charge in [-0.15, -0.1) is 0 Å². The lowest BCUT2D eigenvalue weighted by Crippen LogP contribution is -2.16. The number of allylic oxidation sites excluding steroid dienone is 2. The van der Waals surface area contributed by atoms with Gasteiger partial charge in [0.1, 0.15) is 28.6 Å². The normalized spacial score (nSPS) is 11.7. The van der Waals surface area contributed by atoms with Gasteiger partial charge in [0.25, 0.3) is 5.19 Å². The van der Waals surface area contributed by atoms with Gasteiger partial charge < -0.3 is 19.4 Å². The number of aromatic hydroxyl groups is 1. The molecule has 2 N–H and O–H groups in total. The van der Waals surface area contributed by atoms with Crippen LogP contribution in [-0.4, -0.2) is 26.9 Å². The minimum Gasteiger partial charge on any atom is -0.507 e. The zero-order valence-electron chi connectivity index (χ0n) is 18.9. The molecule has 0 spiro atoms. The number of carboxylic acids is 1. The number of carbonyl (C=O) groups is 2. The number of aromatic nitrogens is 1. The summed E-state index contributed by atoms with van der Waals surface area (Å²) in [4.78, 5) is 40.6. The molecule has 0 bridgehead atoms. The molecule has 2 heterocycles. The Morgan fingerprint density at radius 2 is 1.97 bits per heavy atom. The molecule has 0 aliphatic rings. The summed E-state index contributed by atoms with van der Waals surface area (Å²) in [6, 6.07) is 6.68. The fourth-order valence-electron chi connectivity index (χ4n) is 3.06. The fourth-order valence-corrected chi connectivity index (χ4v) is 4.00. The molecule has 0 amide bonds. The number of rotatable bonds is 10. The minimum atomic E-state index is -1.05. The molecule has 0 saturated carbocycles. The number of Topliss-reactive ketones (excluding diaryl/α,β-unsaturated/α-hetero) is 1. The monoisotopic (exact) mass is 499 g/mol. The minimum absolute atomic E-state index is 0.180. The second-order valence-electron chi connectivity index (χ2n) is 7.54. The van der Waals surface area contributed by atoms with E-state index in [1.807, 2.05) is 0 Å². The van der Waals surface area contributed by atoms with Crippen molar-refractivity contribution in [3.8, 4) is 16.7 Å². The van der Waals surface area contributed by atoms with E-state index in [-0.39, 0.29) is 23.6 Å². The first-order chi connectivity index (χ1) is 16.6. The number of halogens is 1. The van der Waals surface area contributed by atoms with Gasteiger partial charge in [-0.3, -0.25) is 4.79 Å². The molecule has 0 radical (unpaired) electrons. The van der Waals surface area contributed by atoms with Gasteiger partial charge in [0.15, 0.2) is 5.78 Å². The van der Waals surface area contributed by atoms with Crippen LogP contribution in [0.5, 0.6) is 16.7 Å². The van der Waals surface area contributed by atoms with Crippen molar-refractivity contribution in [1.29, 1.82) is 0 Å². The van der Waals surface area contributed by atoms with E-state index >= 15 is 0 Å². The molecule has 0 aliphatic heterocycles. The summed E-state index contributed by atoms with van der Waals surface area (Å²) in [5.74, 6) is -2.03. The van der Waals surface area contributed by atoms with Crippen LogP contribution in [0.4, 0.5) is 4.39 Å². The number of thiazole rings is 1. The lowest BCUT2D eigenvalue weighted by molar-refractivity contribution is -0.131. The maximum atomic E-state index is 13.1. The van der Waals surface area contributed by atoms with Crippen molar-refractivity contribution in [3.05, 3.63) is 86.2 Å². The Morgan fingerprint density at radius 3 is 2.63 bits per heavy atom. The molecule has 35 heavy (non-hydrogen) atoms. The second kappa shape index (κ2) is 11.4. The number of unbranched alkanes of at least 4 members (excludes halogenated alkanes) is 1. The molecule has 0 saturated heterocycles. The molecule has 1 aromatic carbocycles. The standard InChI is InChI=1S/C25H22FNO7S/c1-14(12-20-15(2)27-25(35-20)34-17-10-8-16(26)9-11-17)23(31)22-19(28)13-18(33-24(22)32)6-4-3-5-7-21(29)30/h5,7-13,28H,3-4,6H2,1-2H3,(H,29,30)/b7-5+,14-12+. The predicted octanol–water partition coefficient (Wildman–Crippen LogP) is 5.29. The van der Waals surface area contributed by atoms with Crippen molar-refractivity contribution in [2.24, 2.45) is 0 Å². The van der Waals surface area contributed by atoms with E-state index < -0.39 is 28.7 Å². The van der Waals surface area contributed by atoms with Crippen LogP contribution in [0.3, 0.4) is 0 Å². The maximum absolute atomic E-state index is 13.1. The Bertz CT molecular complexity index is 1350. The number of hydrogen-bond acceptors (Lipinski definition) is 8. The van der Waals surface area contributed by atoms with Crippen molar-refractivity contribution in [1.82, 2.24) is 4.98 Å². The summed E-state index contributed by atoms with van der Waals surface area (Å²) in [5, 5.41) is 19.2. The number of carbonyl (C=O) groups excluding carboxylic acids is 1. The largest absolute Gasteiger partial charge is 0.507 e. The topological polar surface area (TPSA) is 127 Å². The van der Waals surface area contributed by atoms with Gasteiger partial charge in [-0.2, -0.15) is 0 Å². The first kappa shape index (κ1) is 25.6. The highest BCUT2D eigenvalue weighted by Crippen LogP contribution is 2.31. The van der Waals surface area contributed by atoms with Gasteiger partial charge >= 0.3 is 11.6 Å². The first-order valence-corrected chi connectivity index (χ1v) is 11.3. The van der Waals surface area contributed by atoms with Crippen molar-refractivity contribution >= 4 is 29.2 Å². The van der Waals surface area contributed by atoms with Crippen LogP contribution in [0, 0.1) is 12.7 Å². The SMILES string of the molecule is C/C(=C\c1sc(Oc2ccc(F)cc2)nc1C)C(=O)c1c(O)cc(CCC/C=C/C(=O)O)oc1=O. The maximum Gasteiger partial charge on any atom is 0.351 e. The highest BCUT2D eigenvalue weighted by molar-refractivity contribution is 7.14. The fraction of sp³-hybridized carbons (Fsp3) is 0.200. The molecule has 10 heteroatoms. The summed E-state index contributed by atoms with van der Waals surface area (Å²) in [5.41, 5.74) is -0.666. The molecule has 8 nitrogen and oxygen atoms in total. The van der Waals surface area contributed by atoms with Gasteiger partial charge in [-0.25, -0.2) is 19.0 Å². The third-order valence-electron chi connectivity index (χ3n) is 4.80. The Labute approximate surface area is 203 Å². The van der Waals surface area contributed by atoms with Crippen molar-refractivity contribution in [2.45, 2.75) is 33.1 Å². The van der Waals surface area contributed by atoms with Crippen LogP contribution < -0.4 is 10.4 Å². The average molecular weight is 500 g/mol. The van der Waals surface area contributed by atoms with Crippen molar-refractivity contribution < 1.29 is 33.3 Å². The third kappa shape index (κ3) is 6.97. The number of ether oxygens (including phenoxy) is 1. The van der Waals surface area contributed by atoms with E-state index in [9.17, 15) is 23.9 Å². The van der Waals surface area contributed by atoms with E-state index in [4.69, 9.17) is 14.3 Å². The Balaban J connectivity index is 1.73. The van der Waals surface area contributed by atoms with E-state index in [1.165, 1.54) is 49.4 Å². The summed E-state index contributed by atoms with van der Waals surface area (Å²) in [6.45, 7) is 3.23. The quantitative estimate of drug-likeness (QED) is 0.219. The van der Waals surface area contributed by atoms with Crippen LogP contribution in [0.15, 0.2) is 57.3 Å². The van der Waals surface area contributed by atoms with Gasteiger partial charge in [-0.05, 0) is 62.6 Å². The number of aliphatic carboxylic acids is 1. The Kier molecular flexibility index (Phi) is 8.32. The predicted molar refractivity (Wildman–Crippen MR) is 128 cm³/mol. The third-order valence-corrected chi connectivity index (χ3v) is 5.78. The van der Waals surface area contributed by atoms with Crippen LogP contribution >= 0.6 is 11.3 Å². The van der Waals surface area contributed by atoms with Gasteiger partial charge in [0.05, 0.1) is 10.6 Å². The van der Waals surface area contributed by atoms with Gasteiger partial charge in [0, 0.05) is 18.6 Å². The molecule has 3 rings (SSSR count). The zero-order valence-corrected chi connectivity index (χ0v) is 19.7. The Morgan fingerprint density at radius 1 is 1.26 bits per heavy atom. The molecule has 0 aliphatic carbocycles. The molecular weight excluding hydrogens is 477 g/mol. The van der Waals surface area contributed by atoms with Gasteiger partial charge in [0.2, 0.25) is 0 Å². The van der Waals surface area contributed by atoms with E-state index in [2.05, 4.69) is 4.98 Å². The highest BCUT2D eigenvalue weighted by Gasteiger charge is 2.21. The molecule has 2 aromatic heterocycles. The van der Waals surface area contributed by atoms with Crippen molar-refractivity contribution in [3.63, 3.8) is 0 Å². The van der Waals surface area contributed by atoms with Crippen LogP contribution in [0.2, 0.25) is 0 Å². The number of benzene rings is 1. The lowest BCUT2D eigenvalue weighted by atomic mass is 10.0. The molecule has 0 atom stereocenters. The molecule has 182 valence electrons. The number of aryl methyl sites for hydroxylation is 2. The highest BCUT2D eigenvalue weighted by atomic mass is 32.1. The molecule has 3 aromatic rings. The number of ketones is 1. The summed E-state index contributed by atoms with van der Waals surface area (Å²) >= 11 is 1.16. The Hall–Kier alpha value is -4.05. The summed E-state index contributed by atoms with van der Waals surface area (Å²) < 4.78 is 23.9. The molecule has 0 fully saturated rings. The van der Waals surface area contributed by atoms with Crippen LogP contribution in [0.1, 0.15) is 46.5 Å². The molecular formula is C25H22FNO7S. The number of hydrogen-bond donors (Lipinski definition) is 2. The van der Waals surface area contributed by atoms with Crippen LogP contribution in [-0.2, 0) is 11.2 Å². The number of carboxylic acid groups (broad SMARTS) is 1. The van der Waals surface area contributed by atoms with Crippen LogP contribution in [0.25, 0.3) is 6.08 Å². The first-order valence-electron chi connectivity index (χ1n) is 10.5. The second-order valence-corrected chi connectivity index (χ2v) is 8.53. The van der Waals surface area contributed by atoms with E-state index in [1.54, 1.807) is 6.92 Å². The zero-order chi connectivity index (χ0) is 25.5. The smallest absolute Gasteiger partial charge is 0.351 e. The lowest BCUT2D eigenvalue weighted by Gasteiger charge is -2.05. The summed E-state index contributed by atoms with van der Waals surface area (Å²) in [6.07, 6.45) is 5.25. The number of nitrogens with zero attached hydrogens (tertiary/aromatic N) is 1. The van der Waals surface area contributed by atoms with Crippen molar-refractivity contribution in [2.75, 3.05) is 0 Å². The summed E-state index contributed by atoms with van der Waals surface area (Å²) in [7, 11) is 0.